The van der Waals surface area contributed by atoms with Crippen molar-refractivity contribution >= 4 is 6.03 Å². The molecule has 1 saturated heterocycles. The van der Waals surface area contributed by atoms with Crippen molar-refractivity contribution in [2.75, 3.05) is 13.1 Å². The molecule has 3 N–H and O–H groups in total. The third-order valence-electron chi connectivity index (χ3n) is 3.70. The monoisotopic (exact) mass is 319 g/mol. The second-order valence-corrected chi connectivity index (χ2v) is 5.36. The number of hydrogen-bond donors (Lipinski definition) is 2. The van der Waals surface area contributed by atoms with E-state index >= 15 is 0 Å². The van der Waals surface area contributed by atoms with Gasteiger partial charge in [0.2, 0.25) is 0 Å². The quantitative estimate of drug-likeness (QED) is 0.841. The highest BCUT2D eigenvalue weighted by atomic mass is 19.4. The molecule has 1 heterocycles. The number of amides is 2. The molecule has 0 spiro atoms. The van der Waals surface area contributed by atoms with Gasteiger partial charge in [0.05, 0.1) is 5.56 Å². The van der Waals surface area contributed by atoms with Crippen LogP contribution in [0.3, 0.4) is 0 Å². The van der Waals surface area contributed by atoms with Crippen LogP contribution in [0.4, 0.5) is 22.4 Å². The summed E-state index contributed by atoms with van der Waals surface area (Å²) in [6.07, 6.45) is -3.23. The van der Waals surface area contributed by atoms with E-state index in [0.29, 0.717) is 25.9 Å². The zero-order valence-electron chi connectivity index (χ0n) is 11.8. The molecule has 1 aromatic rings. The fourth-order valence-corrected chi connectivity index (χ4v) is 2.55. The van der Waals surface area contributed by atoms with Crippen molar-refractivity contribution < 1.29 is 22.4 Å². The molecule has 1 fully saturated rings. The second-order valence-electron chi connectivity index (χ2n) is 5.36. The van der Waals surface area contributed by atoms with Crippen molar-refractivity contribution in [3.8, 4) is 0 Å². The number of carbonyl (C=O) groups excluding carboxylic acids is 1. The SMILES string of the molecule is NC(=O)NC1CCN(Cc2cc(C(F)(F)F)ccc2F)CC1. The van der Waals surface area contributed by atoms with Gasteiger partial charge in [0, 0.05) is 31.2 Å². The van der Waals surface area contributed by atoms with Crippen LogP contribution in [0.1, 0.15) is 24.0 Å². The lowest BCUT2D eigenvalue weighted by atomic mass is 10.0. The van der Waals surface area contributed by atoms with Crippen molar-refractivity contribution in [1.82, 2.24) is 10.2 Å². The molecule has 4 nitrogen and oxygen atoms in total. The molecule has 2 rings (SSSR count). The molecule has 0 aliphatic carbocycles. The topological polar surface area (TPSA) is 58.4 Å². The van der Waals surface area contributed by atoms with Gasteiger partial charge in [-0.05, 0) is 31.0 Å². The standard InChI is InChI=1S/C14H17F4N3O/c15-12-2-1-10(14(16,17)18)7-9(12)8-21-5-3-11(4-6-21)20-13(19)22/h1-2,7,11H,3-6,8H2,(H3,19,20,22). The molecule has 0 saturated carbocycles. The Hall–Kier alpha value is -1.83. The molecule has 1 aliphatic heterocycles. The molecular weight excluding hydrogens is 302 g/mol. The summed E-state index contributed by atoms with van der Waals surface area (Å²) in [5.41, 5.74) is 4.21. The lowest BCUT2D eigenvalue weighted by Gasteiger charge is -2.32. The molecule has 0 unspecified atom stereocenters. The number of nitrogens with zero attached hydrogens (tertiary/aromatic N) is 1. The van der Waals surface area contributed by atoms with E-state index in [1.54, 1.807) is 0 Å². The predicted molar refractivity (Wildman–Crippen MR) is 72.4 cm³/mol. The molecule has 0 radical (unpaired) electrons. The van der Waals surface area contributed by atoms with Gasteiger partial charge in [0.15, 0.2) is 0 Å². The first-order valence-corrected chi connectivity index (χ1v) is 6.89. The fraction of sp³-hybridized carbons (Fsp3) is 0.500. The third kappa shape index (κ3) is 4.33. The van der Waals surface area contributed by atoms with E-state index < -0.39 is 23.6 Å². The van der Waals surface area contributed by atoms with Gasteiger partial charge < -0.3 is 11.1 Å². The predicted octanol–water partition coefficient (Wildman–Crippen LogP) is 2.48. The normalized spacial score (nSPS) is 17.5. The van der Waals surface area contributed by atoms with Crippen LogP contribution in [0.2, 0.25) is 0 Å². The van der Waals surface area contributed by atoms with Crippen LogP contribution >= 0.6 is 0 Å². The van der Waals surface area contributed by atoms with Crippen LogP contribution in [-0.4, -0.2) is 30.1 Å². The van der Waals surface area contributed by atoms with Crippen molar-refractivity contribution in [3.05, 3.63) is 35.1 Å². The Morgan fingerprint density at radius 2 is 1.95 bits per heavy atom. The molecule has 8 heteroatoms. The lowest BCUT2D eigenvalue weighted by molar-refractivity contribution is -0.137. The molecule has 0 aromatic heterocycles. The van der Waals surface area contributed by atoms with Crippen LogP contribution in [-0.2, 0) is 12.7 Å². The van der Waals surface area contributed by atoms with Gasteiger partial charge >= 0.3 is 12.2 Å². The first-order valence-electron chi connectivity index (χ1n) is 6.89. The van der Waals surface area contributed by atoms with E-state index in [-0.39, 0.29) is 18.2 Å². The molecule has 2 amide bonds. The van der Waals surface area contributed by atoms with Crippen molar-refractivity contribution in [2.45, 2.75) is 31.6 Å². The number of benzene rings is 1. The summed E-state index contributed by atoms with van der Waals surface area (Å²) >= 11 is 0. The van der Waals surface area contributed by atoms with Crippen LogP contribution in [0, 0.1) is 5.82 Å². The van der Waals surface area contributed by atoms with Gasteiger partial charge in [-0.3, -0.25) is 4.90 Å². The maximum Gasteiger partial charge on any atom is 0.416 e. The number of piperidine rings is 1. The summed E-state index contributed by atoms with van der Waals surface area (Å²) in [6.45, 7) is 1.22. The molecule has 122 valence electrons. The minimum atomic E-state index is -4.49. The number of halogens is 4. The largest absolute Gasteiger partial charge is 0.416 e. The average Bonchev–Trinajstić information content (AvgIpc) is 2.41. The number of nitrogens with two attached hydrogens (primary N) is 1. The van der Waals surface area contributed by atoms with Gasteiger partial charge in [0.25, 0.3) is 0 Å². The van der Waals surface area contributed by atoms with Crippen LogP contribution < -0.4 is 11.1 Å². The maximum absolute atomic E-state index is 13.7. The summed E-state index contributed by atoms with van der Waals surface area (Å²) < 4.78 is 51.7. The number of carbonyl (C=O) groups is 1. The zero-order valence-corrected chi connectivity index (χ0v) is 11.8. The summed E-state index contributed by atoms with van der Waals surface area (Å²) in [5, 5.41) is 2.60. The van der Waals surface area contributed by atoms with E-state index in [1.807, 2.05) is 4.90 Å². The zero-order chi connectivity index (χ0) is 16.3. The van der Waals surface area contributed by atoms with Crippen LogP contribution in [0.5, 0.6) is 0 Å². The van der Waals surface area contributed by atoms with Gasteiger partial charge in [0.1, 0.15) is 5.82 Å². The first kappa shape index (κ1) is 16.5. The summed E-state index contributed by atoms with van der Waals surface area (Å²) in [5.74, 6) is -0.648. The van der Waals surface area contributed by atoms with Crippen molar-refractivity contribution in [3.63, 3.8) is 0 Å². The molecule has 1 aliphatic rings. The number of rotatable bonds is 3. The smallest absolute Gasteiger partial charge is 0.352 e. The van der Waals surface area contributed by atoms with Gasteiger partial charge in [-0.15, -0.1) is 0 Å². The van der Waals surface area contributed by atoms with Crippen molar-refractivity contribution in [2.24, 2.45) is 5.73 Å². The Morgan fingerprint density at radius 3 is 2.50 bits per heavy atom. The highest BCUT2D eigenvalue weighted by Crippen LogP contribution is 2.30. The fourth-order valence-electron chi connectivity index (χ4n) is 2.55. The van der Waals surface area contributed by atoms with Gasteiger partial charge in [-0.2, -0.15) is 13.2 Å². The van der Waals surface area contributed by atoms with Crippen LogP contribution in [0.25, 0.3) is 0 Å². The van der Waals surface area contributed by atoms with Gasteiger partial charge in [-0.25, -0.2) is 9.18 Å². The maximum atomic E-state index is 13.7. The van der Waals surface area contributed by atoms with E-state index in [0.717, 1.165) is 18.2 Å². The van der Waals surface area contributed by atoms with E-state index in [9.17, 15) is 22.4 Å². The molecule has 0 atom stereocenters. The average molecular weight is 319 g/mol. The number of hydrogen-bond acceptors (Lipinski definition) is 2. The highest BCUT2D eigenvalue weighted by molar-refractivity contribution is 5.71. The number of likely N-dealkylation sites (tertiary alicyclic amines) is 1. The molecular formula is C14H17F4N3O. The third-order valence-corrected chi connectivity index (χ3v) is 3.70. The lowest BCUT2D eigenvalue weighted by Crippen LogP contribution is -2.46. The summed E-state index contributed by atoms with van der Waals surface area (Å²) in [7, 11) is 0. The highest BCUT2D eigenvalue weighted by Gasteiger charge is 2.31. The van der Waals surface area contributed by atoms with E-state index in [4.69, 9.17) is 5.73 Å². The number of primary amides is 1. The summed E-state index contributed by atoms with van der Waals surface area (Å²) in [6, 6.07) is 1.80. The first-order chi connectivity index (χ1) is 10.3. The van der Waals surface area contributed by atoms with Crippen molar-refractivity contribution in [1.29, 1.82) is 0 Å². The Kier molecular flexibility index (Phi) is 4.90. The van der Waals surface area contributed by atoms with E-state index in [1.165, 1.54) is 0 Å². The second kappa shape index (κ2) is 6.51. The summed E-state index contributed by atoms with van der Waals surface area (Å²) in [4.78, 5) is 12.6. The molecule has 1 aromatic carbocycles. The van der Waals surface area contributed by atoms with Gasteiger partial charge in [-0.1, -0.05) is 0 Å². The Bertz CT molecular complexity index is 539. The minimum absolute atomic E-state index is 0.0242. The Morgan fingerprint density at radius 1 is 1.32 bits per heavy atom. The number of alkyl halides is 3. The Labute approximate surface area is 125 Å². The Balaban J connectivity index is 1.99. The van der Waals surface area contributed by atoms with Crippen LogP contribution in [0.15, 0.2) is 18.2 Å². The molecule has 22 heavy (non-hydrogen) atoms. The number of urea groups is 1. The van der Waals surface area contributed by atoms with E-state index in [2.05, 4.69) is 5.32 Å². The molecule has 0 bridgehead atoms. The minimum Gasteiger partial charge on any atom is -0.352 e. The number of nitrogens with one attached hydrogen (secondary N) is 1.